The molecule has 0 fully saturated rings. The third kappa shape index (κ3) is 2.52. The lowest BCUT2D eigenvalue weighted by Gasteiger charge is -2.15. The molecule has 0 bridgehead atoms. The molecule has 126 valence electrons. The standard InChI is InChI=1S/C22H23N3/c1-23-15-6-4-14(5-7-15)22-18-10-8-16(24-2)12-20(18)21-13-17(25-3)9-11-19(21)22/h4-13,22-25H,1-3H3. The van der Waals surface area contributed by atoms with Gasteiger partial charge in [-0.15, -0.1) is 0 Å². The molecule has 0 heterocycles. The Balaban J connectivity index is 1.91. The fraction of sp³-hybridized carbons (Fsp3) is 0.182. The van der Waals surface area contributed by atoms with Gasteiger partial charge in [0, 0.05) is 44.1 Å². The van der Waals surface area contributed by atoms with Crippen LogP contribution in [0.2, 0.25) is 0 Å². The summed E-state index contributed by atoms with van der Waals surface area (Å²) < 4.78 is 0. The smallest absolute Gasteiger partial charge is 0.0352 e. The second kappa shape index (κ2) is 6.17. The summed E-state index contributed by atoms with van der Waals surface area (Å²) in [5.41, 5.74) is 10.1. The van der Waals surface area contributed by atoms with Crippen molar-refractivity contribution in [2.45, 2.75) is 5.92 Å². The number of nitrogens with one attached hydrogen (secondary N) is 3. The average molecular weight is 329 g/mol. The Bertz CT molecular complexity index is 860. The van der Waals surface area contributed by atoms with Gasteiger partial charge in [0.1, 0.15) is 0 Å². The molecule has 0 atom stereocenters. The van der Waals surface area contributed by atoms with Crippen molar-refractivity contribution >= 4 is 17.1 Å². The molecule has 0 spiro atoms. The summed E-state index contributed by atoms with van der Waals surface area (Å²) in [6, 6.07) is 22.1. The first kappa shape index (κ1) is 15.6. The van der Waals surface area contributed by atoms with Crippen molar-refractivity contribution in [2.24, 2.45) is 0 Å². The minimum atomic E-state index is 0.285. The molecule has 1 aliphatic rings. The minimum Gasteiger partial charge on any atom is -0.388 e. The van der Waals surface area contributed by atoms with Gasteiger partial charge in [-0.2, -0.15) is 0 Å². The van der Waals surface area contributed by atoms with Gasteiger partial charge in [-0.3, -0.25) is 0 Å². The van der Waals surface area contributed by atoms with Crippen LogP contribution in [-0.2, 0) is 0 Å². The number of hydrogen-bond donors (Lipinski definition) is 3. The zero-order valence-electron chi connectivity index (χ0n) is 14.9. The van der Waals surface area contributed by atoms with Gasteiger partial charge in [-0.05, 0) is 64.2 Å². The largest absolute Gasteiger partial charge is 0.388 e. The predicted octanol–water partition coefficient (Wildman–Crippen LogP) is 4.97. The third-order valence-corrected chi connectivity index (χ3v) is 5.13. The van der Waals surface area contributed by atoms with Crippen LogP contribution in [0.4, 0.5) is 17.1 Å². The van der Waals surface area contributed by atoms with Gasteiger partial charge in [0.15, 0.2) is 0 Å². The van der Waals surface area contributed by atoms with Crippen molar-refractivity contribution in [2.75, 3.05) is 37.1 Å². The molecule has 0 aromatic heterocycles. The molecule has 0 aliphatic heterocycles. The summed E-state index contributed by atoms with van der Waals surface area (Å²) >= 11 is 0. The molecule has 0 unspecified atom stereocenters. The van der Waals surface area contributed by atoms with E-state index in [-0.39, 0.29) is 5.92 Å². The highest BCUT2D eigenvalue weighted by Crippen LogP contribution is 2.49. The highest BCUT2D eigenvalue weighted by Gasteiger charge is 2.30. The van der Waals surface area contributed by atoms with E-state index in [2.05, 4.69) is 76.6 Å². The highest BCUT2D eigenvalue weighted by atomic mass is 14.8. The molecule has 3 nitrogen and oxygen atoms in total. The Labute approximate surface area is 149 Å². The van der Waals surface area contributed by atoms with Crippen molar-refractivity contribution in [1.29, 1.82) is 0 Å². The molecule has 3 aromatic rings. The van der Waals surface area contributed by atoms with Crippen molar-refractivity contribution in [1.82, 2.24) is 0 Å². The van der Waals surface area contributed by atoms with E-state index in [4.69, 9.17) is 0 Å². The van der Waals surface area contributed by atoms with Gasteiger partial charge >= 0.3 is 0 Å². The molecule has 1 aliphatic carbocycles. The Hall–Kier alpha value is -2.94. The van der Waals surface area contributed by atoms with Crippen LogP contribution in [0.1, 0.15) is 22.6 Å². The minimum absolute atomic E-state index is 0.285. The summed E-state index contributed by atoms with van der Waals surface area (Å²) in [5.74, 6) is 0.285. The van der Waals surface area contributed by atoms with Crippen LogP contribution in [0, 0.1) is 0 Å². The topological polar surface area (TPSA) is 36.1 Å². The lowest BCUT2D eigenvalue weighted by atomic mass is 9.89. The van der Waals surface area contributed by atoms with Crippen molar-refractivity contribution in [3.05, 3.63) is 77.4 Å². The summed E-state index contributed by atoms with van der Waals surface area (Å²) in [5, 5.41) is 9.72. The van der Waals surface area contributed by atoms with E-state index in [9.17, 15) is 0 Å². The molecular weight excluding hydrogens is 306 g/mol. The zero-order chi connectivity index (χ0) is 17.4. The number of fused-ring (bicyclic) bond motifs is 3. The Morgan fingerprint density at radius 3 is 1.44 bits per heavy atom. The van der Waals surface area contributed by atoms with Crippen LogP contribution in [0.15, 0.2) is 60.7 Å². The van der Waals surface area contributed by atoms with Gasteiger partial charge < -0.3 is 16.0 Å². The zero-order valence-corrected chi connectivity index (χ0v) is 14.9. The van der Waals surface area contributed by atoms with Crippen LogP contribution in [0.5, 0.6) is 0 Å². The van der Waals surface area contributed by atoms with Gasteiger partial charge in [-0.1, -0.05) is 24.3 Å². The first-order valence-corrected chi connectivity index (χ1v) is 8.66. The molecule has 3 aromatic carbocycles. The highest BCUT2D eigenvalue weighted by molar-refractivity contribution is 5.85. The molecule has 4 rings (SSSR count). The SMILES string of the molecule is CNc1ccc(C2c3ccc(NC)cc3-c3cc(NC)ccc32)cc1. The molecular formula is C22H23N3. The Kier molecular flexibility index (Phi) is 3.85. The maximum absolute atomic E-state index is 3.26. The lowest BCUT2D eigenvalue weighted by molar-refractivity contribution is 1.02. The molecule has 3 heteroatoms. The number of benzene rings is 3. The first-order chi connectivity index (χ1) is 12.2. The van der Waals surface area contributed by atoms with Crippen molar-refractivity contribution in [3.63, 3.8) is 0 Å². The summed E-state index contributed by atoms with van der Waals surface area (Å²) in [6.07, 6.45) is 0. The number of rotatable bonds is 4. The maximum Gasteiger partial charge on any atom is 0.0352 e. The molecule has 0 saturated heterocycles. The molecule has 0 radical (unpaired) electrons. The molecule has 0 saturated carbocycles. The van der Waals surface area contributed by atoms with Gasteiger partial charge in [0.25, 0.3) is 0 Å². The van der Waals surface area contributed by atoms with Gasteiger partial charge in [0.05, 0.1) is 0 Å². The fourth-order valence-corrected chi connectivity index (χ4v) is 3.76. The second-order valence-corrected chi connectivity index (χ2v) is 6.41. The predicted molar refractivity (Wildman–Crippen MR) is 108 cm³/mol. The lowest BCUT2D eigenvalue weighted by Crippen LogP contribution is -2.00. The summed E-state index contributed by atoms with van der Waals surface area (Å²) in [4.78, 5) is 0. The molecule has 0 amide bonds. The second-order valence-electron chi connectivity index (χ2n) is 6.41. The Morgan fingerprint density at radius 2 is 1.00 bits per heavy atom. The summed E-state index contributed by atoms with van der Waals surface area (Å²) in [6.45, 7) is 0. The number of hydrogen-bond acceptors (Lipinski definition) is 3. The fourth-order valence-electron chi connectivity index (χ4n) is 3.76. The molecule has 25 heavy (non-hydrogen) atoms. The summed E-state index contributed by atoms with van der Waals surface area (Å²) in [7, 11) is 5.89. The first-order valence-electron chi connectivity index (χ1n) is 8.66. The number of anilines is 3. The van der Waals surface area contributed by atoms with E-state index in [1.54, 1.807) is 0 Å². The third-order valence-electron chi connectivity index (χ3n) is 5.13. The van der Waals surface area contributed by atoms with Crippen LogP contribution in [-0.4, -0.2) is 21.1 Å². The van der Waals surface area contributed by atoms with Crippen molar-refractivity contribution < 1.29 is 0 Å². The monoisotopic (exact) mass is 329 g/mol. The maximum atomic E-state index is 3.26. The van der Waals surface area contributed by atoms with Crippen LogP contribution >= 0.6 is 0 Å². The Morgan fingerprint density at radius 1 is 0.560 bits per heavy atom. The van der Waals surface area contributed by atoms with E-state index in [1.165, 1.54) is 27.8 Å². The van der Waals surface area contributed by atoms with Crippen LogP contribution in [0.3, 0.4) is 0 Å². The van der Waals surface area contributed by atoms with Crippen molar-refractivity contribution in [3.8, 4) is 11.1 Å². The van der Waals surface area contributed by atoms with E-state index < -0.39 is 0 Å². The van der Waals surface area contributed by atoms with E-state index in [1.807, 2.05) is 21.1 Å². The molecule has 3 N–H and O–H groups in total. The normalized spacial score (nSPS) is 12.4. The van der Waals surface area contributed by atoms with Crippen LogP contribution < -0.4 is 16.0 Å². The van der Waals surface area contributed by atoms with E-state index in [0.29, 0.717) is 0 Å². The quantitative estimate of drug-likeness (QED) is 0.494. The van der Waals surface area contributed by atoms with Gasteiger partial charge in [0.2, 0.25) is 0 Å². The van der Waals surface area contributed by atoms with E-state index in [0.717, 1.165) is 17.1 Å². The average Bonchev–Trinajstić information content (AvgIpc) is 3.00. The van der Waals surface area contributed by atoms with E-state index >= 15 is 0 Å². The van der Waals surface area contributed by atoms with Crippen LogP contribution in [0.25, 0.3) is 11.1 Å². The van der Waals surface area contributed by atoms with Gasteiger partial charge in [-0.25, -0.2) is 0 Å².